The Labute approximate surface area is 146 Å². The van der Waals surface area contributed by atoms with E-state index in [1.165, 1.54) is 0 Å². The van der Waals surface area contributed by atoms with Crippen molar-refractivity contribution in [1.82, 2.24) is 0 Å². The number of unbranched alkanes of at least 4 members (excludes halogenated alkanes) is 2. The second kappa shape index (κ2) is 9.65. The number of hydrogen-bond acceptors (Lipinski definition) is 4. The van der Waals surface area contributed by atoms with Gasteiger partial charge in [0.1, 0.15) is 0 Å². The summed E-state index contributed by atoms with van der Waals surface area (Å²) in [5, 5.41) is 0. The predicted octanol–water partition coefficient (Wildman–Crippen LogP) is 4.59. The van der Waals surface area contributed by atoms with Gasteiger partial charge in [-0.15, -0.1) is 0 Å². The minimum absolute atomic E-state index is 0.0865. The Morgan fingerprint density at radius 3 is 1.29 bits per heavy atom. The van der Waals surface area contributed by atoms with Crippen LogP contribution in [-0.2, 0) is 19.1 Å². The molecule has 0 N–H and O–H groups in total. The molecule has 0 aromatic heterocycles. The Morgan fingerprint density at radius 2 is 1.04 bits per heavy atom. The molecule has 0 unspecified atom stereocenters. The third-order valence-electron chi connectivity index (χ3n) is 4.03. The molecule has 136 valence electrons. The molecule has 1 rings (SSSR count). The highest BCUT2D eigenvalue weighted by molar-refractivity contribution is 6.50. The van der Waals surface area contributed by atoms with Crippen molar-refractivity contribution < 1.29 is 19.1 Å². The highest BCUT2D eigenvalue weighted by atomic mass is 16.5. The summed E-state index contributed by atoms with van der Waals surface area (Å²) in [6, 6.07) is 0. The van der Waals surface area contributed by atoms with Gasteiger partial charge in [-0.05, 0) is 24.7 Å². The molecule has 0 atom stereocenters. The lowest BCUT2D eigenvalue weighted by atomic mass is 9.83. The molecule has 0 aromatic carbocycles. The first-order chi connectivity index (χ1) is 11.4. The van der Waals surface area contributed by atoms with Gasteiger partial charge in [-0.2, -0.15) is 0 Å². The Balaban J connectivity index is 3.38. The fraction of sp³-hybridized carbons (Fsp3) is 0.700. The molecule has 0 saturated heterocycles. The van der Waals surface area contributed by atoms with Gasteiger partial charge in [0.15, 0.2) is 11.5 Å². The van der Waals surface area contributed by atoms with E-state index in [9.17, 15) is 9.59 Å². The van der Waals surface area contributed by atoms with E-state index in [4.69, 9.17) is 9.47 Å². The maximum absolute atomic E-state index is 12.6. The third-order valence-corrected chi connectivity index (χ3v) is 4.03. The van der Waals surface area contributed by atoms with Crippen molar-refractivity contribution in [2.45, 2.75) is 67.2 Å². The maximum Gasteiger partial charge on any atom is 0.233 e. The van der Waals surface area contributed by atoms with Gasteiger partial charge in [0, 0.05) is 0 Å². The summed E-state index contributed by atoms with van der Waals surface area (Å²) >= 11 is 0. The molecule has 0 amide bonds. The zero-order chi connectivity index (χ0) is 18.3. The molecule has 0 saturated carbocycles. The lowest BCUT2D eigenvalue weighted by Crippen LogP contribution is -2.32. The van der Waals surface area contributed by atoms with Crippen LogP contribution in [0.25, 0.3) is 0 Å². The van der Waals surface area contributed by atoms with Crippen LogP contribution in [0.1, 0.15) is 67.2 Å². The molecule has 0 fully saturated rings. The SMILES string of the molecule is CCCCOC1=C(C(C)C)C(=O)C(=O)C(C(C)C)=C1OCCCC. The summed E-state index contributed by atoms with van der Waals surface area (Å²) in [4.78, 5) is 25.2. The third kappa shape index (κ3) is 4.71. The summed E-state index contributed by atoms with van der Waals surface area (Å²) in [6.45, 7) is 12.9. The van der Waals surface area contributed by atoms with Gasteiger partial charge < -0.3 is 9.47 Å². The lowest BCUT2D eigenvalue weighted by Gasteiger charge is -2.27. The Bertz CT molecular complexity index is 476. The van der Waals surface area contributed by atoms with Crippen LogP contribution in [0, 0.1) is 11.8 Å². The van der Waals surface area contributed by atoms with Crippen LogP contribution in [-0.4, -0.2) is 24.8 Å². The van der Waals surface area contributed by atoms with E-state index in [1.54, 1.807) is 0 Å². The van der Waals surface area contributed by atoms with E-state index in [-0.39, 0.29) is 11.8 Å². The highest BCUT2D eigenvalue weighted by Gasteiger charge is 2.39. The van der Waals surface area contributed by atoms with Crippen LogP contribution >= 0.6 is 0 Å². The van der Waals surface area contributed by atoms with Crippen molar-refractivity contribution in [2.75, 3.05) is 13.2 Å². The number of hydrogen-bond donors (Lipinski definition) is 0. The number of Topliss-reactive ketones (excluding diaryl/α,β-unsaturated/α-hetero) is 2. The highest BCUT2D eigenvalue weighted by Crippen LogP contribution is 2.35. The maximum atomic E-state index is 12.6. The summed E-state index contributed by atoms with van der Waals surface area (Å²) in [7, 11) is 0. The molecule has 4 heteroatoms. The van der Waals surface area contributed by atoms with Crippen LogP contribution in [0.4, 0.5) is 0 Å². The van der Waals surface area contributed by atoms with Crippen LogP contribution in [0.2, 0.25) is 0 Å². The zero-order valence-electron chi connectivity index (χ0n) is 16.0. The molecule has 0 aromatic rings. The fourth-order valence-electron chi connectivity index (χ4n) is 2.67. The van der Waals surface area contributed by atoms with E-state index in [2.05, 4.69) is 13.8 Å². The van der Waals surface area contributed by atoms with Gasteiger partial charge in [-0.25, -0.2) is 0 Å². The molecule has 4 nitrogen and oxygen atoms in total. The molecule has 0 aliphatic heterocycles. The predicted molar refractivity (Wildman–Crippen MR) is 95.5 cm³/mol. The monoisotopic (exact) mass is 336 g/mol. The molecule has 0 radical (unpaired) electrons. The lowest BCUT2D eigenvalue weighted by molar-refractivity contribution is -0.133. The average Bonchev–Trinajstić information content (AvgIpc) is 2.51. The fourth-order valence-corrected chi connectivity index (χ4v) is 2.67. The normalized spacial score (nSPS) is 15.8. The van der Waals surface area contributed by atoms with Gasteiger partial charge in [0.05, 0.1) is 24.4 Å². The second-order valence-corrected chi connectivity index (χ2v) is 6.86. The van der Waals surface area contributed by atoms with Gasteiger partial charge >= 0.3 is 0 Å². The summed E-state index contributed by atoms with van der Waals surface area (Å²) in [5.41, 5.74) is 0.902. The molecular formula is C20H32O4. The van der Waals surface area contributed by atoms with Gasteiger partial charge in [0.25, 0.3) is 0 Å². The van der Waals surface area contributed by atoms with Crippen molar-refractivity contribution in [3.63, 3.8) is 0 Å². The largest absolute Gasteiger partial charge is 0.489 e. The number of ketones is 2. The van der Waals surface area contributed by atoms with Crippen molar-refractivity contribution >= 4 is 11.6 Å². The van der Waals surface area contributed by atoms with E-state index in [0.29, 0.717) is 35.9 Å². The zero-order valence-corrected chi connectivity index (χ0v) is 16.0. The second-order valence-electron chi connectivity index (χ2n) is 6.86. The molecular weight excluding hydrogens is 304 g/mol. The van der Waals surface area contributed by atoms with Crippen molar-refractivity contribution in [3.05, 3.63) is 22.7 Å². The molecule has 0 bridgehead atoms. The molecule has 0 heterocycles. The Kier molecular flexibility index (Phi) is 8.23. The quantitative estimate of drug-likeness (QED) is 0.332. The Morgan fingerprint density at radius 1 is 0.708 bits per heavy atom. The van der Waals surface area contributed by atoms with Crippen LogP contribution in [0.3, 0.4) is 0 Å². The van der Waals surface area contributed by atoms with Gasteiger partial charge in [-0.3, -0.25) is 9.59 Å². The van der Waals surface area contributed by atoms with Crippen LogP contribution < -0.4 is 0 Å². The van der Waals surface area contributed by atoms with E-state index >= 15 is 0 Å². The topological polar surface area (TPSA) is 52.6 Å². The summed E-state index contributed by atoms with van der Waals surface area (Å²) in [5.74, 6) is -0.0788. The van der Waals surface area contributed by atoms with E-state index < -0.39 is 11.6 Å². The summed E-state index contributed by atoms with van der Waals surface area (Å²) < 4.78 is 11.9. The van der Waals surface area contributed by atoms with Crippen molar-refractivity contribution in [2.24, 2.45) is 11.8 Å². The first-order valence-electron chi connectivity index (χ1n) is 9.19. The first kappa shape index (κ1) is 20.5. The van der Waals surface area contributed by atoms with Crippen molar-refractivity contribution in [1.29, 1.82) is 0 Å². The minimum Gasteiger partial charge on any atom is -0.489 e. The van der Waals surface area contributed by atoms with Gasteiger partial charge in [-0.1, -0.05) is 54.4 Å². The Hall–Kier alpha value is -1.58. The smallest absolute Gasteiger partial charge is 0.233 e. The average molecular weight is 336 g/mol. The van der Waals surface area contributed by atoms with E-state index in [0.717, 1.165) is 25.7 Å². The number of allylic oxidation sites excluding steroid dienone is 2. The number of carbonyl (C=O) groups is 2. The van der Waals surface area contributed by atoms with Crippen LogP contribution in [0.5, 0.6) is 0 Å². The number of rotatable bonds is 10. The van der Waals surface area contributed by atoms with Crippen molar-refractivity contribution in [3.8, 4) is 0 Å². The standard InChI is InChI=1S/C20H32O4/c1-7-9-11-23-19-15(13(3)4)17(21)18(22)16(14(5)6)20(19)24-12-10-8-2/h13-14H,7-12H2,1-6H3. The summed E-state index contributed by atoms with van der Waals surface area (Å²) in [6.07, 6.45) is 3.81. The van der Waals surface area contributed by atoms with Crippen LogP contribution in [0.15, 0.2) is 22.7 Å². The molecule has 0 spiro atoms. The number of ether oxygens (including phenoxy) is 2. The first-order valence-corrected chi connectivity index (χ1v) is 9.19. The minimum atomic E-state index is -0.442. The number of carbonyl (C=O) groups excluding carboxylic acids is 2. The molecule has 24 heavy (non-hydrogen) atoms. The van der Waals surface area contributed by atoms with E-state index in [1.807, 2.05) is 27.7 Å². The molecule has 1 aliphatic rings. The molecule has 1 aliphatic carbocycles. The van der Waals surface area contributed by atoms with Gasteiger partial charge in [0.2, 0.25) is 11.6 Å².